The lowest BCUT2D eigenvalue weighted by molar-refractivity contribution is 0.404. The number of methoxy groups -OCH3 is 2. The number of hydrogen-bond donors (Lipinski definition) is 2. The van der Waals surface area contributed by atoms with Crippen LogP contribution < -0.4 is 20.9 Å². The van der Waals surface area contributed by atoms with Crippen molar-refractivity contribution in [3.8, 4) is 22.6 Å². The van der Waals surface area contributed by atoms with E-state index in [9.17, 15) is 0 Å². The molecule has 4 N–H and O–H groups in total. The molecule has 0 unspecified atom stereocenters. The maximum absolute atomic E-state index is 5.82. The van der Waals surface area contributed by atoms with Gasteiger partial charge in [0, 0.05) is 5.56 Å². The van der Waals surface area contributed by atoms with Crippen LogP contribution in [0, 0.1) is 0 Å². The van der Waals surface area contributed by atoms with Crippen LogP contribution in [0.1, 0.15) is 0 Å². The second-order valence-corrected chi connectivity index (χ2v) is 3.91. The number of rotatable bonds is 3. The first kappa shape index (κ1) is 12.1. The van der Waals surface area contributed by atoms with Crippen molar-refractivity contribution in [1.82, 2.24) is 0 Å². The van der Waals surface area contributed by atoms with Crippen LogP contribution in [0.15, 0.2) is 36.4 Å². The molecule has 0 aliphatic heterocycles. The highest BCUT2D eigenvalue weighted by Gasteiger charge is 2.08. The van der Waals surface area contributed by atoms with Crippen molar-refractivity contribution in [2.75, 3.05) is 25.7 Å². The summed E-state index contributed by atoms with van der Waals surface area (Å²) in [6.07, 6.45) is 0. The number of anilines is 2. The summed E-state index contributed by atoms with van der Waals surface area (Å²) in [7, 11) is 3.26. The maximum Gasteiger partial charge on any atom is 0.126 e. The third-order valence-corrected chi connectivity index (χ3v) is 2.80. The van der Waals surface area contributed by atoms with E-state index >= 15 is 0 Å². The Balaban J connectivity index is 2.57. The van der Waals surface area contributed by atoms with Gasteiger partial charge in [0.1, 0.15) is 11.5 Å². The SMILES string of the molecule is COc1ccc(OC)c(-c2ccc(N)c(N)c2)c1. The number of nitrogens with two attached hydrogens (primary N) is 2. The fourth-order valence-corrected chi connectivity index (χ4v) is 1.78. The van der Waals surface area contributed by atoms with Crippen molar-refractivity contribution < 1.29 is 9.47 Å². The average molecular weight is 244 g/mol. The van der Waals surface area contributed by atoms with E-state index in [4.69, 9.17) is 20.9 Å². The Morgan fingerprint density at radius 3 is 2.22 bits per heavy atom. The topological polar surface area (TPSA) is 70.5 Å². The predicted octanol–water partition coefficient (Wildman–Crippen LogP) is 2.54. The zero-order valence-corrected chi connectivity index (χ0v) is 10.4. The van der Waals surface area contributed by atoms with Gasteiger partial charge in [-0.25, -0.2) is 0 Å². The normalized spacial score (nSPS) is 10.1. The minimum absolute atomic E-state index is 0.553. The molecule has 4 nitrogen and oxygen atoms in total. The highest BCUT2D eigenvalue weighted by Crippen LogP contribution is 2.35. The summed E-state index contributed by atoms with van der Waals surface area (Å²) in [6, 6.07) is 11.1. The maximum atomic E-state index is 5.82. The molecule has 94 valence electrons. The predicted molar refractivity (Wildman–Crippen MR) is 73.8 cm³/mol. The first-order valence-electron chi connectivity index (χ1n) is 5.53. The number of benzene rings is 2. The Kier molecular flexibility index (Phi) is 3.28. The highest BCUT2D eigenvalue weighted by molar-refractivity contribution is 5.78. The van der Waals surface area contributed by atoms with E-state index in [1.54, 1.807) is 20.3 Å². The van der Waals surface area contributed by atoms with Crippen LogP contribution in [0.4, 0.5) is 11.4 Å². The molecule has 0 saturated carbocycles. The quantitative estimate of drug-likeness (QED) is 0.814. The van der Waals surface area contributed by atoms with E-state index in [2.05, 4.69) is 0 Å². The van der Waals surface area contributed by atoms with E-state index < -0.39 is 0 Å². The molecule has 0 bridgehead atoms. The molecule has 0 heterocycles. The van der Waals surface area contributed by atoms with Crippen LogP contribution in [-0.2, 0) is 0 Å². The Bertz CT molecular complexity index is 568. The van der Waals surface area contributed by atoms with E-state index in [0.717, 1.165) is 22.6 Å². The molecule has 2 rings (SSSR count). The summed E-state index contributed by atoms with van der Waals surface area (Å²) in [5, 5.41) is 0. The van der Waals surface area contributed by atoms with Gasteiger partial charge in [-0.05, 0) is 35.9 Å². The molecule has 0 aliphatic rings. The summed E-state index contributed by atoms with van der Waals surface area (Å²) in [6.45, 7) is 0. The molecule has 0 aliphatic carbocycles. The van der Waals surface area contributed by atoms with Crippen LogP contribution in [0.2, 0.25) is 0 Å². The number of nitrogen functional groups attached to an aromatic ring is 2. The minimum Gasteiger partial charge on any atom is -0.497 e. The molecule has 2 aromatic rings. The van der Waals surface area contributed by atoms with Gasteiger partial charge in [0.15, 0.2) is 0 Å². The lowest BCUT2D eigenvalue weighted by atomic mass is 10.0. The summed E-state index contributed by atoms with van der Waals surface area (Å²) < 4.78 is 10.6. The van der Waals surface area contributed by atoms with Crippen LogP contribution in [0.5, 0.6) is 11.5 Å². The van der Waals surface area contributed by atoms with Gasteiger partial charge in [-0.1, -0.05) is 6.07 Å². The molecule has 0 amide bonds. The van der Waals surface area contributed by atoms with Gasteiger partial charge in [0.25, 0.3) is 0 Å². The number of hydrogen-bond acceptors (Lipinski definition) is 4. The molecule has 2 aromatic carbocycles. The molecule has 0 aromatic heterocycles. The first-order chi connectivity index (χ1) is 8.65. The van der Waals surface area contributed by atoms with Crippen LogP contribution in [-0.4, -0.2) is 14.2 Å². The average Bonchev–Trinajstić information content (AvgIpc) is 2.41. The standard InChI is InChI=1S/C14H16N2O2/c1-17-10-4-6-14(18-2)11(8-10)9-3-5-12(15)13(16)7-9/h3-8H,15-16H2,1-2H3. The van der Waals surface area contributed by atoms with E-state index in [-0.39, 0.29) is 0 Å². The zero-order chi connectivity index (χ0) is 13.1. The van der Waals surface area contributed by atoms with Crippen molar-refractivity contribution in [2.24, 2.45) is 0 Å². The Labute approximate surface area is 106 Å². The van der Waals surface area contributed by atoms with Gasteiger partial charge >= 0.3 is 0 Å². The Hall–Kier alpha value is -2.36. The molecule has 0 atom stereocenters. The summed E-state index contributed by atoms with van der Waals surface area (Å²) in [4.78, 5) is 0. The van der Waals surface area contributed by atoms with Gasteiger partial charge < -0.3 is 20.9 Å². The minimum atomic E-state index is 0.553. The second-order valence-electron chi connectivity index (χ2n) is 3.91. The van der Waals surface area contributed by atoms with E-state index in [1.807, 2.05) is 30.3 Å². The largest absolute Gasteiger partial charge is 0.497 e. The van der Waals surface area contributed by atoms with Crippen molar-refractivity contribution in [1.29, 1.82) is 0 Å². The lowest BCUT2D eigenvalue weighted by Gasteiger charge is -2.11. The first-order valence-corrected chi connectivity index (χ1v) is 5.53. The second kappa shape index (κ2) is 4.87. The third kappa shape index (κ3) is 2.18. The summed E-state index contributed by atoms with van der Waals surface area (Å²) in [5.74, 6) is 1.53. The fraction of sp³-hybridized carbons (Fsp3) is 0.143. The van der Waals surface area contributed by atoms with Gasteiger partial charge in [-0.15, -0.1) is 0 Å². The van der Waals surface area contributed by atoms with Crippen LogP contribution >= 0.6 is 0 Å². The Morgan fingerprint density at radius 1 is 0.833 bits per heavy atom. The smallest absolute Gasteiger partial charge is 0.126 e. The monoisotopic (exact) mass is 244 g/mol. The third-order valence-electron chi connectivity index (χ3n) is 2.80. The fourth-order valence-electron chi connectivity index (χ4n) is 1.78. The molecule has 0 radical (unpaired) electrons. The lowest BCUT2D eigenvalue weighted by Crippen LogP contribution is -1.95. The van der Waals surface area contributed by atoms with Crippen molar-refractivity contribution in [3.63, 3.8) is 0 Å². The highest BCUT2D eigenvalue weighted by atomic mass is 16.5. The summed E-state index contributed by atoms with van der Waals surface area (Å²) in [5.41, 5.74) is 14.5. The summed E-state index contributed by atoms with van der Waals surface area (Å²) >= 11 is 0. The molecular formula is C14H16N2O2. The van der Waals surface area contributed by atoms with E-state index in [1.165, 1.54) is 0 Å². The molecular weight excluding hydrogens is 228 g/mol. The van der Waals surface area contributed by atoms with Crippen LogP contribution in [0.25, 0.3) is 11.1 Å². The number of ether oxygens (including phenoxy) is 2. The molecule has 4 heteroatoms. The van der Waals surface area contributed by atoms with Gasteiger partial charge in [0.05, 0.1) is 25.6 Å². The zero-order valence-electron chi connectivity index (χ0n) is 10.4. The van der Waals surface area contributed by atoms with Crippen LogP contribution in [0.3, 0.4) is 0 Å². The molecule has 0 spiro atoms. The van der Waals surface area contributed by atoms with Gasteiger partial charge in [0.2, 0.25) is 0 Å². The molecule has 0 saturated heterocycles. The van der Waals surface area contributed by atoms with Crippen molar-refractivity contribution in [3.05, 3.63) is 36.4 Å². The molecule has 0 fully saturated rings. The van der Waals surface area contributed by atoms with E-state index in [0.29, 0.717) is 11.4 Å². The van der Waals surface area contributed by atoms with Crippen molar-refractivity contribution >= 4 is 11.4 Å². The van der Waals surface area contributed by atoms with Gasteiger partial charge in [-0.3, -0.25) is 0 Å². The molecule has 18 heavy (non-hydrogen) atoms. The van der Waals surface area contributed by atoms with Gasteiger partial charge in [-0.2, -0.15) is 0 Å². The van der Waals surface area contributed by atoms with Crippen molar-refractivity contribution in [2.45, 2.75) is 0 Å². The Morgan fingerprint density at radius 2 is 1.61 bits per heavy atom.